The Bertz CT molecular complexity index is 667. The van der Waals surface area contributed by atoms with Crippen LogP contribution in [0.2, 0.25) is 0 Å². The second-order valence-corrected chi connectivity index (χ2v) is 6.53. The molecule has 2 saturated heterocycles. The Morgan fingerprint density at radius 3 is 2.74 bits per heavy atom. The summed E-state index contributed by atoms with van der Waals surface area (Å²) >= 11 is 0. The van der Waals surface area contributed by atoms with Crippen molar-refractivity contribution in [2.45, 2.75) is 63.8 Å². The Morgan fingerprint density at radius 1 is 1.26 bits per heavy atom. The molecule has 2 aliphatic rings. The zero-order valence-electron chi connectivity index (χ0n) is 13.6. The van der Waals surface area contributed by atoms with Gasteiger partial charge in [0.05, 0.1) is 24.2 Å². The summed E-state index contributed by atoms with van der Waals surface area (Å²) in [5.74, 6) is 2.49. The minimum absolute atomic E-state index is 0.218. The highest BCUT2D eigenvalue weighted by atomic mass is 16.5. The minimum atomic E-state index is 0.218. The summed E-state index contributed by atoms with van der Waals surface area (Å²) in [5.41, 5.74) is 0.945. The van der Waals surface area contributed by atoms with E-state index >= 15 is 0 Å². The number of rotatable bonds is 5. The van der Waals surface area contributed by atoms with Crippen molar-refractivity contribution in [3.8, 4) is 17.1 Å². The number of nitrogens with zero attached hydrogens (tertiary/aromatic N) is 2. The predicted molar refractivity (Wildman–Crippen MR) is 85.4 cm³/mol. The van der Waals surface area contributed by atoms with Gasteiger partial charge in [0, 0.05) is 5.56 Å². The number of hydrogen-bond donors (Lipinski definition) is 0. The molecular formula is C18H22N2O3. The van der Waals surface area contributed by atoms with Crippen LogP contribution in [-0.4, -0.2) is 28.5 Å². The molecule has 122 valence electrons. The summed E-state index contributed by atoms with van der Waals surface area (Å²) < 4.78 is 17.2. The van der Waals surface area contributed by atoms with Crippen molar-refractivity contribution in [1.29, 1.82) is 0 Å². The van der Waals surface area contributed by atoms with Crippen molar-refractivity contribution in [2.75, 3.05) is 0 Å². The summed E-state index contributed by atoms with van der Waals surface area (Å²) in [5, 5.41) is 4.14. The molecule has 0 saturated carbocycles. The third-order valence-corrected chi connectivity index (χ3v) is 4.89. The lowest BCUT2D eigenvalue weighted by Crippen LogP contribution is -2.14. The monoisotopic (exact) mass is 314 g/mol. The van der Waals surface area contributed by atoms with E-state index in [4.69, 9.17) is 14.0 Å². The fourth-order valence-electron chi connectivity index (χ4n) is 3.40. The highest BCUT2D eigenvalue weighted by Crippen LogP contribution is 2.44. The van der Waals surface area contributed by atoms with E-state index in [-0.39, 0.29) is 18.1 Å². The number of aromatic nitrogens is 2. The number of benzene rings is 1. The van der Waals surface area contributed by atoms with Gasteiger partial charge < -0.3 is 14.0 Å². The molecule has 4 atom stereocenters. The summed E-state index contributed by atoms with van der Waals surface area (Å²) in [4.78, 5) is 4.59. The summed E-state index contributed by atoms with van der Waals surface area (Å²) in [6.07, 6.45) is 5.14. The van der Waals surface area contributed by atoms with Crippen LogP contribution in [-0.2, 0) is 4.74 Å². The fourth-order valence-corrected chi connectivity index (χ4v) is 3.40. The topological polar surface area (TPSA) is 57.4 Å². The molecule has 4 unspecified atom stereocenters. The maximum absolute atomic E-state index is 5.87. The number of ether oxygens (including phenoxy) is 2. The average Bonchev–Trinajstić information content (AvgIpc) is 3.31. The van der Waals surface area contributed by atoms with Crippen LogP contribution in [0.25, 0.3) is 11.4 Å². The van der Waals surface area contributed by atoms with Crippen molar-refractivity contribution in [2.24, 2.45) is 0 Å². The highest BCUT2D eigenvalue weighted by Gasteiger charge is 2.44. The minimum Gasteiger partial charge on any atom is -0.491 e. The average molecular weight is 314 g/mol. The third kappa shape index (κ3) is 2.85. The van der Waals surface area contributed by atoms with Crippen LogP contribution in [0.4, 0.5) is 0 Å². The maximum atomic E-state index is 5.87. The SMILES string of the molecule is CCC(C)Oc1ccc(-c2noc(C3CC4CCC3O4)n2)cc1. The maximum Gasteiger partial charge on any atom is 0.232 e. The van der Waals surface area contributed by atoms with E-state index in [2.05, 4.69) is 24.0 Å². The first kappa shape index (κ1) is 14.7. The van der Waals surface area contributed by atoms with Gasteiger partial charge in [-0.25, -0.2) is 0 Å². The van der Waals surface area contributed by atoms with Gasteiger partial charge in [0.25, 0.3) is 0 Å². The van der Waals surface area contributed by atoms with Gasteiger partial charge in [0.1, 0.15) is 5.75 Å². The lowest BCUT2D eigenvalue weighted by Gasteiger charge is -2.13. The van der Waals surface area contributed by atoms with E-state index in [9.17, 15) is 0 Å². The molecule has 3 heterocycles. The third-order valence-electron chi connectivity index (χ3n) is 4.89. The van der Waals surface area contributed by atoms with Crippen LogP contribution >= 0.6 is 0 Å². The molecule has 1 aromatic heterocycles. The normalized spacial score (nSPS) is 27.3. The van der Waals surface area contributed by atoms with Gasteiger partial charge in [-0.05, 0) is 56.9 Å². The standard InChI is InChI=1S/C18H22N2O3/c1-3-11(2)21-13-6-4-12(5-7-13)17-19-18(23-20-17)15-10-14-8-9-16(15)22-14/h4-7,11,14-16H,3,8-10H2,1-2H3. The smallest absolute Gasteiger partial charge is 0.232 e. The van der Waals surface area contributed by atoms with Crippen LogP contribution in [0.15, 0.2) is 28.8 Å². The van der Waals surface area contributed by atoms with Gasteiger partial charge >= 0.3 is 0 Å². The van der Waals surface area contributed by atoms with Crippen LogP contribution in [0.3, 0.4) is 0 Å². The van der Waals surface area contributed by atoms with Gasteiger partial charge in [-0.2, -0.15) is 4.98 Å². The molecule has 0 aliphatic carbocycles. The van der Waals surface area contributed by atoms with E-state index in [1.165, 1.54) is 6.42 Å². The van der Waals surface area contributed by atoms with Crippen LogP contribution < -0.4 is 4.74 Å². The van der Waals surface area contributed by atoms with Gasteiger partial charge in [0.15, 0.2) is 0 Å². The van der Waals surface area contributed by atoms with Crippen molar-refractivity contribution in [3.05, 3.63) is 30.2 Å². The zero-order valence-corrected chi connectivity index (χ0v) is 13.6. The van der Waals surface area contributed by atoms with Crippen molar-refractivity contribution >= 4 is 0 Å². The fraction of sp³-hybridized carbons (Fsp3) is 0.556. The Morgan fingerprint density at radius 2 is 2.09 bits per heavy atom. The lowest BCUT2D eigenvalue weighted by atomic mass is 9.89. The van der Waals surface area contributed by atoms with Gasteiger partial charge in [-0.1, -0.05) is 12.1 Å². The predicted octanol–water partition coefficient (Wildman–Crippen LogP) is 3.95. The Balaban J connectivity index is 1.48. The molecule has 2 fully saturated rings. The molecule has 0 N–H and O–H groups in total. The Hall–Kier alpha value is -1.88. The van der Waals surface area contributed by atoms with Crippen molar-refractivity contribution < 1.29 is 14.0 Å². The highest BCUT2D eigenvalue weighted by molar-refractivity contribution is 5.55. The van der Waals surface area contributed by atoms with Crippen LogP contribution in [0.5, 0.6) is 5.75 Å². The molecule has 23 heavy (non-hydrogen) atoms. The molecular weight excluding hydrogens is 292 g/mol. The molecule has 2 bridgehead atoms. The first-order chi connectivity index (χ1) is 11.2. The molecule has 4 rings (SSSR count). The lowest BCUT2D eigenvalue weighted by molar-refractivity contribution is 0.0974. The van der Waals surface area contributed by atoms with Crippen molar-refractivity contribution in [3.63, 3.8) is 0 Å². The van der Waals surface area contributed by atoms with Crippen molar-refractivity contribution in [1.82, 2.24) is 10.1 Å². The van der Waals surface area contributed by atoms with E-state index in [1.54, 1.807) is 0 Å². The summed E-state index contributed by atoms with van der Waals surface area (Å²) in [6, 6.07) is 7.86. The Kier molecular flexibility index (Phi) is 3.81. The Labute approximate surface area is 136 Å². The van der Waals surface area contributed by atoms with Gasteiger partial charge in [0.2, 0.25) is 11.7 Å². The van der Waals surface area contributed by atoms with E-state index in [1.807, 2.05) is 24.3 Å². The molecule has 5 nitrogen and oxygen atoms in total. The first-order valence-corrected chi connectivity index (χ1v) is 8.49. The van der Waals surface area contributed by atoms with E-state index < -0.39 is 0 Å². The van der Waals surface area contributed by atoms with Crippen LogP contribution in [0, 0.1) is 0 Å². The molecule has 0 spiro atoms. The molecule has 0 radical (unpaired) electrons. The zero-order chi connectivity index (χ0) is 15.8. The number of hydrogen-bond acceptors (Lipinski definition) is 5. The van der Waals surface area contributed by atoms with Gasteiger partial charge in [-0.15, -0.1) is 0 Å². The molecule has 5 heteroatoms. The molecule has 1 aromatic carbocycles. The van der Waals surface area contributed by atoms with Gasteiger partial charge in [-0.3, -0.25) is 0 Å². The molecule has 0 amide bonds. The second-order valence-electron chi connectivity index (χ2n) is 6.53. The molecule has 2 aliphatic heterocycles. The largest absolute Gasteiger partial charge is 0.491 e. The summed E-state index contributed by atoms with van der Waals surface area (Å²) in [6.45, 7) is 4.18. The second kappa shape index (κ2) is 5.96. The number of fused-ring (bicyclic) bond motifs is 2. The first-order valence-electron chi connectivity index (χ1n) is 8.49. The van der Waals surface area contributed by atoms with E-state index in [0.29, 0.717) is 17.8 Å². The van der Waals surface area contributed by atoms with Crippen LogP contribution in [0.1, 0.15) is 51.3 Å². The quantitative estimate of drug-likeness (QED) is 0.836. The molecule has 2 aromatic rings. The van der Waals surface area contributed by atoms with E-state index in [0.717, 1.165) is 30.6 Å². The summed E-state index contributed by atoms with van der Waals surface area (Å²) in [7, 11) is 0.